The lowest BCUT2D eigenvalue weighted by molar-refractivity contribution is 0.0207. The maximum absolute atomic E-state index is 9.94. The van der Waals surface area contributed by atoms with Gasteiger partial charge < -0.3 is 9.47 Å². The van der Waals surface area contributed by atoms with Crippen LogP contribution in [0.15, 0.2) is 5.29 Å². The highest BCUT2D eigenvalue weighted by molar-refractivity contribution is 4.79. The van der Waals surface area contributed by atoms with E-state index in [0.717, 1.165) is 0 Å². The van der Waals surface area contributed by atoms with Gasteiger partial charge in [-0.1, -0.05) is 0 Å². The number of hydrogen-bond donors (Lipinski definition) is 0. The molecule has 5 nitrogen and oxygen atoms in total. The number of rotatable bonds is 1. The number of hydrogen-bond acceptors (Lipinski definition) is 4. The normalized spacial score (nSPS) is 39.8. The Hall–Kier alpha value is -0.680. The number of nitrogens with zero attached hydrogens (tertiary/aromatic N) is 2. The molecular formula is C4H6N2O3. The number of fused-ring (bicyclic) bond motifs is 1. The molecular weight excluding hydrogens is 124 g/mol. The molecule has 2 aliphatic rings. The highest BCUT2D eigenvalue weighted by atomic mass is 16.8. The van der Waals surface area contributed by atoms with Crippen molar-refractivity contribution in [1.82, 2.24) is 5.01 Å². The van der Waals surface area contributed by atoms with Crippen molar-refractivity contribution in [1.29, 1.82) is 0 Å². The maximum atomic E-state index is 9.94. The second kappa shape index (κ2) is 1.65. The van der Waals surface area contributed by atoms with Crippen LogP contribution in [-0.4, -0.2) is 30.7 Å². The van der Waals surface area contributed by atoms with Gasteiger partial charge in [0.15, 0.2) is 0 Å². The van der Waals surface area contributed by atoms with Gasteiger partial charge in [-0.05, 0) is 0 Å². The van der Waals surface area contributed by atoms with Gasteiger partial charge in [0.25, 0.3) is 0 Å². The van der Waals surface area contributed by atoms with Crippen LogP contribution in [0, 0.1) is 4.91 Å². The number of nitroso groups, excluding NO2 is 1. The molecule has 2 rings (SSSR count). The fourth-order valence-electron chi connectivity index (χ4n) is 0.901. The van der Waals surface area contributed by atoms with E-state index in [1.807, 2.05) is 0 Å². The Morgan fingerprint density at radius 2 is 2.56 bits per heavy atom. The smallest absolute Gasteiger partial charge is 0.207 e. The minimum atomic E-state index is -0.184. The molecule has 0 unspecified atom stereocenters. The van der Waals surface area contributed by atoms with Crippen molar-refractivity contribution < 1.29 is 9.47 Å². The molecule has 0 aliphatic carbocycles. The lowest BCUT2D eigenvalue weighted by Crippen LogP contribution is -2.31. The predicted molar refractivity (Wildman–Crippen MR) is 27.1 cm³/mol. The second-order valence-electron chi connectivity index (χ2n) is 2.01. The first-order valence-corrected chi connectivity index (χ1v) is 2.79. The van der Waals surface area contributed by atoms with E-state index in [-0.39, 0.29) is 12.5 Å². The Balaban J connectivity index is 2.00. The van der Waals surface area contributed by atoms with Crippen LogP contribution in [-0.2, 0) is 9.47 Å². The molecule has 0 aromatic carbocycles. The summed E-state index contributed by atoms with van der Waals surface area (Å²) in [7, 11) is 0. The summed E-state index contributed by atoms with van der Waals surface area (Å²) in [5.74, 6) is 0. The molecule has 2 atom stereocenters. The Kier molecular flexibility index (Phi) is 0.940. The maximum Gasteiger partial charge on any atom is 0.207 e. The molecule has 0 bridgehead atoms. The summed E-state index contributed by atoms with van der Waals surface area (Å²) < 4.78 is 9.91. The zero-order chi connectivity index (χ0) is 6.27. The third-order valence-electron chi connectivity index (χ3n) is 1.43. The molecule has 0 aromatic heterocycles. The monoisotopic (exact) mass is 130 g/mol. The first kappa shape index (κ1) is 5.13. The van der Waals surface area contributed by atoms with Gasteiger partial charge in [-0.25, -0.2) is 5.01 Å². The van der Waals surface area contributed by atoms with Crippen molar-refractivity contribution in [2.75, 3.05) is 13.2 Å². The van der Waals surface area contributed by atoms with Gasteiger partial charge in [0.1, 0.15) is 0 Å². The fourth-order valence-corrected chi connectivity index (χ4v) is 0.901. The topological polar surface area (TPSA) is 54.4 Å². The second-order valence-corrected chi connectivity index (χ2v) is 2.01. The van der Waals surface area contributed by atoms with E-state index >= 15 is 0 Å². The number of ether oxygens (including phenoxy) is 2. The molecule has 0 saturated carbocycles. The third-order valence-corrected chi connectivity index (χ3v) is 1.43. The van der Waals surface area contributed by atoms with E-state index in [1.54, 1.807) is 0 Å². The van der Waals surface area contributed by atoms with Gasteiger partial charge in [-0.15, -0.1) is 4.91 Å². The molecule has 0 radical (unpaired) electrons. The highest BCUT2D eigenvalue weighted by Crippen LogP contribution is 2.30. The van der Waals surface area contributed by atoms with Crippen LogP contribution in [0.25, 0.3) is 0 Å². The van der Waals surface area contributed by atoms with Crippen molar-refractivity contribution in [3.8, 4) is 0 Å². The van der Waals surface area contributed by atoms with E-state index in [9.17, 15) is 4.91 Å². The SMILES string of the molecule is O=NN1CCO[C@H]2O[C@H]21. The predicted octanol–water partition coefficient (Wildman–Crippen LogP) is -0.318. The average molecular weight is 130 g/mol. The summed E-state index contributed by atoms with van der Waals surface area (Å²) in [5, 5.41) is 4.10. The summed E-state index contributed by atoms with van der Waals surface area (Å²) in [6, 6.07) is 0. The van der Waals surface area contributed by atoms with Gasteiger partial charge in [-0.3, -0.25) is 0 Å². The van der Waals surface area contributed by atoms with Gasteiger partial charge in [0.2, 0.25) is 12.5 Å². The first-order valence-electron chi connectivity index (χ1n) is 2.79. The van der Waals surface area contributed by atoms with E-state index < -0.39 is 0 Å². The van der Waals surface area contributed by atoms with E-state index in [1.165, 1.54) is 5.01 Å². The Bertz CT molecular complexity index is 140. The van der Waals surface area contributed by atoms with Gasteiger partial charge in [0, 0.05) is 0 Å². The number of morpholine rings is 1. The number of epoxide rings is 1. The summed E-state index contributed by atoms with van der Waals surface area (Å²) in [6.45, 7) is 1.08. The summed E-state index contributed by atoms with van der Waals surface area (Å²) in [5.41, 5.74) is 0. The van der Waals surface area contributed by atoms with E-state index in [4.69, 9.17) is 9.47 Å². The van der Waals surface area contributed by atoms with Crippen LogP contribution in [0.4, 0.5) is 0 Å². The van der Waals surface area contributed by atoms with Crippen LogP contribution in [0.1, 0.15) is 0 Å². The molecule has 2 heterocycles. The largest absolute Gasteiger partial charge is 0.346 e. The van der Waals surface area contributed by atoms with Crippen molar-refractivity contribution >= 4 is 0 Å². The molecule has 5 heteroatoms. The summed E-state index contributed by atoms with van der Waals surface area (Å²) in [4.78, 5) is 9.94. The Morgan fingerprint density at radius 1 is 1.67 bits per heavy atom. The van der Waals surface area contributed by atoms with Crippen molar-refractivity contribution in [2.45, 2.75) is 12.5 Å². The van der Waals surface area contributed by atoms with E-state index in [2.05, 4.69) is 5.29 Å². The molecule has 0 aromatic rings. The first-order chi connectivity index (χ1) is 4.42. The minimum Gasteiger partial charge on any atom is -0.346 e. The molecule has 0 spiro atoms. The van der Waals surface area contributed by atoms with Gasteiger partial charge in [-0.2, -0.15) is 0 Å². The lowest BCUT2D eigenvalue weighted by Gasteiger charge is -2.15. The molecule has 2 fully saturated rings. The Morgan fingerprint density at radius 3 is 3.22 bits per heavy atom. The van der Waals surface area contributed by atoms with Crippen molar-refractivity contribution in [3.63, 3.8) is 0 Å². The van der Waals surface area contributed by atoms with Crippen molar-refractivity contribution in [3.05, 3.63) is 4.91 Å². The van der Waals surface area contributed by atoms with Crippen LogP contribution in [0.5, 0.6) is 0 Å². The molecule has 2 aliphatic heterocycles. The van der Waals surface area contributed by atoms with Crippen LogP contribution >= 0.6 is 0 Å². The van der Waals surface area contributed by atoms with Gasteiger partial charge >= 0.3 is 0 Å². The van der Waals surface area contributed by atoms with Gasteiger partial charge in [0.05, 0.1) is 18.4 Å². The quantitative estimate of drug-likeness (QED) is 0.360. The summed E-state index contributed by atoms with van der Waals surface area (Å²) >= 11 is 0. The summed E-state index contributed by atoms with van der Waals surface area (Å²) in [6.07, 6.45) is -0.368. The molecule has 2 saturated heterocycles. The highest BCUT2D eigenvalue weighted by Gasteiger charge is 2.48. The molecule has 50 valence electrons. The third kappa shape index (κ3) is 0.691. The standard InChI is InChI=1S/C4H6N2O3/c7-5-6-1-2-8-4-3(6)9-4/h3-4H,1-2H2/t3-,4+/m1/s1. The lowest BCUT2D eigenvalue weighted by atomic mass is 10.5. The fraction of sp³-hybridized carbons (Fsp3) is 1.00. The minimum absolute atomic E-state index is 0.184. The van der Waals surface area contributed by atoms with Crippen molar-refractivity contribution in [2.24, 2.45) is 5.29 Å². The molecule has 0 N–H and O–H groups in total. The van der Waals surface area contributed by atoms with E-state index in [0.29, 0.717) is 13.2 Å². The van der Waals surface area contributed by atoms with Crippen LogP contribution in [0.3, 0.4) is 0 Å². The van der Waals surface area contributed by atoms with Crippen LogP contribution < -0.4 is 0 Å². The van der Waals surface area contributed by atoms with Crippen LogP contribution in [0.2, 0.25) is 0 Å². The molecule has 0 amide bonds. The molecule has 9 heavy (non-hydrogen) atoms. The zero-order valence-electron chi connectivity index (χ0n) is 4.69. The average Bonchev–Trinajstić information content (AvgIpc) is 2.64. The zero-order valence-corrected chi connectivity index (χ0v) is 4.69. The Labute approximate surface area is 51.5 Å².